The maximum Gasteiger partial charge on any atom is 0.119 e. The maximum absolute atomic E-state index is 5.55. The zero-order valence-electron chi connectivity index (χ0n) is 8.96. The van der Waals surface area contributed by atoms with Crippen molar-refractivity contribution < 1.29 is 4.74 Å². The number of hydrogen-bond acceptors (Lipinski definition) is 2. The number of benzene rings is 1. The summed E-state index contributed by atoms with van der Waals surface area (Å²) >= 11 is 0. The van der Waals surface area contributed by atoms with Crippen LogP contribution in [0.25, 0.3) is 0 Å². The highest BCUT2D eigenvalue weighted by molar-refractivity contribution is 5.85. The van der Waals surface area contributed by atoms with E-state index in [1.807, 2.05) is 7.05 Å². The molecule has 0 unspecified atom stereocenters. The summed E-state index contributed by atoms with van der Waals surface area (Å²) in [6.45, 7) is 5.77. The fraction of sp³-hybridized carbons (Fsp3) is 0.455. The number of halogens is 1. The molecular formula is C11H18ClNO. The molecule has 0 atom stereocenters. The van der Waals surface area contributed by atoms with Gasteiger partial charge in [-0.05, 0) is 44.2 Å². The monoisotopic (exact) mass is 215 g/mol. The molecule has 0 saturated carbocycles. The Morgan fingerprint density at radius 2 is 1.71 bits per heavy atom. The van der Waals surface area contributed by atoms with Gasteiger partial charge in [0.1, 0.15) is 12.4 Å². The Morgan fingerprint density at radius 1 is 1.14 bits per heavy atom. The Bertz CT molecular complexity index is 256. The molecule has 0 bridgehead atoms. The lowest BCUT2D eigenvalue weighted by Crippen LogP contribution is -2.15. The van der Waals surface area contributed by atoms with E-state index < -0.39 is 0 Å². The first-order valence-corrected chi connectivity index (χ1v) is 4.58. The molecule has 0 saturated heterocycles. The van der Waals surface area contributed by atoms with Crippen molar-refractivity contribution >= 4 is 12.4 Å². The molecule has 1 N–H and O–H groups in total. The van der Waals surface area contributed by atoms with Gasteiger partial charge >= 0.3 is 0 Å². The number of aryl methyl sites for hydroxylation is 2. The number of nitrogens with one attached hydrogen (secondary N) is 1. The molecule has 0 fully saturated rings. The molecule has 0 aliphatic heterocycles. The van der Waals surface area contributed by atoms with Gasteiger partial charge in [0, 0.05) is 6.54 Å². The van der Waals surface area contributed by atoms with Gasteiger partial charge in [0.2, 0.25) is 0 Å². The second-order valence-corrected chi connectivity index (χ2v) is 3.28. The van der Waals surface area contributed by atoms with Crippen molar-refractivity contribution in [3.8, 4) is 5.75 Å². The average Bonchev–Trinajstić information content (AvgIpc) is 2.03. The summed E-state index contributed by atoms with van der Waals surface area (Å²) in [4.78, 5) is 0. The van der Waals surface area contributed by atoms with E-state index in [0.29, 0.717) is 0 Å². The minimum Gasteiger partial charge on any atom is -0.492 e. The number of ether oxygens (including phenoxy) is 1. The minimum atomic E-state index is 0. The number of rotatable bonds is 4. The summed E-state index contributed by atoms with van der Waals surface area (Å²) in [5, 5.41) is 3.04. The Labute approximate surface area is 92.1 Å². The van der Waals surface area contributed by atoms with Crippen LogP contribution in [-0.4, -0.2) is 20.2 Å². The standard InChI is InChI=1S/C11H17NO.ClH/c1-9-6-10(2)8-11(7-9)13-5-4-12-3;/h6-8,12H,4-5H2,1-3H3;1H. The second-order valence-electron chi connectivity index (χ2n) is 3.28. The number of likely N-dealkylation sites (N-methyl/N-ethyl adjacent to an activating group) is 1. The van der Waals surface area contributed by atoms with E-state index >= 15 is 0 Å². The summed E-state index contributed by atoms with van der Waals surface area (Å²) in [6, 6.07) is 6.26. The minimum absolute atomic E-state index is 0. The van der Waals surface area contributed by atoms with Gasteiger partial charge in [-0.25, -0.2) is 0 Å². The van der Waals surface area contributed by atoms with E-state index in [-0.39, 0.29) is 12.4 Å². The van der Waals surface area contributed by atoms with Crippen molar-refractivity contribution in [1.29, 1.82) is 0 Å². The third-order valence-electron chi connectivity index (χ3n) is 1.82. The van der Waals surface area contributed by atoms with Crippen LogP contribution in [0.5, 0.6) is 5.75 Å². The average molecular weight is 216 g/mol. The van der Waals surface area contributed by atoms with E-state index in [4.69, 9.17) is 4.74 Å². The van der Waals surface area contributed by atoms with E-state index in [9.17, 15) is 0 Å². The molecule has 1 aromatic rings. The quantitative estimate of drug-likeness (QED) is 0.779. The largest absolute Gasteiger partial charge is 0.492 e. The molecule has 0 heterocycles. The Balaban J connectivity index is 0.00000169. The fourth-order valence-electron chi connectivity index (χ4n) is 1.29. The van der Waals surface area contributed by atoms with Gasteiger partial charge in [-0.1, -0.05) is 6.07 Å². The second kappa shape index (κ2) is 6.68. The molecule has 0 amide bonds. The van der Waals surface area contributed by atoms with Crippen LogP contribution >= 0.6 is 12.4 Å². The van der Waals surface area contributed by atoms with Crippen LogP contribution in [0.3, 0.4) is 0 Å². The lowest BCUT2D eigenvalue weighted by atomic mass is 10.1. The molecular weight excluding hydrogens is 198 g/mol. The van der Waals surface area contributed by atoms with E-state index in [2.05, 4.69) is 37.4 Å². The SMILES string of the molecule is CNCCOc1cc(C)cc(C)c1.Cl. The van der Waals surface area contributed by atoms with Crippen LogP contribution in [0.2, 0.25) is 0 Å². The van der Waals surface area contributed by atoms with Crippen molar-refractivity contribution in [2.24, 2.45) is 0 Å². The van der Waals surface area contributed by atoms with Gasteiger partial charge in [-0.15, -0.1) is 12.4 Å². The van der Waals surface area contributed by atoms with E-state index in [1.165, 1.54) is 11.1 Å². The summed E-state index contributed by atoms with van der Waals surface area (Å²) in [6.07, 6.45) is 0. The molecule has 3 heteroatoms. The molecule has 1 rings (SSSR count). The van der Waals surface area contributed by atoms with Crippen molar-refractivity contribution in [2.45, 2.75) is 13.8 Å². The van der Waals surface area contributed by atoms with Crippen molar-refractivity contribution in [2.75, 3.05) is 20.2 Å². The normalized spacial score (nSPS) is 9.36. The highest BCUT2D eigenvalue weighted by Crippen LogP contribution is 2.15. The molecule has 0 aromatic heterocycles. The van der Waals surface area contributed by atoms with Gasteiger partial charge in [0.15, 0.2) is 0 Å². The predicted octanol–water partition coefficient (Wildman–Crippen LogP) is 2.32. The summed E-state index contributed by atoms with van der Waals surface area (Å²) < 4.78 is 5.55. The van der Waals surface area contributed by atoms with Crippen molar-refractivity contribution in [3.63, 3.8) is 0 Å². The van der Waals surface area contributed by atoms with E-state index in [1.54, 1.807) is 0 Å². The van der Waals surface area contributed by atoms with Crippen LogP contribution in [0.1, 0.15) is 11.1 Å². The van der Waals surface area contributed by atoms with Gasteiger partial charge < -0.3 is 10.1 Å². The molecule has 0 aliphatic carbocycles. The van der Waals surface area contributed by atoms with Crippen LogP contribution in [0, 0.1) is 13.8 Å². The smallest absolute Gasteiger partial charge is 0.119 e. The molecule has 14 heavy (non-hydrogen) atoms. The fourth-order valence-corrected chi connectivity index (χ4v) is 1.29. The lowest BCUT2D eigenvalue weighted by molar-refractivity contribution is 0.318. The first-order valence-electron chi connectivity index (χ1n) is 4.58. The molecule has 0 spiro atoms. The molecule has 1 aromatic carbocycles. The van der Waals surface area contributed by atoms with Crippen LogP contribution in [0.15, 0.2) is 18.2 Å². The molecule has 80 valence electrons. The third kappa shape index (κ3) is 4.49. The topological polar surface area (TPSA) is 21.3 Å². The summed E-state index contributed by atoms with van der Waals surface area (Å²) in [5.74, 6) is 0.966. The zero-order valence-corrected chi connectivity index (χ0v) is 9.78. The first kappa shape index (κ1) is 13.3. The number of hydrogen-bond donors (Lipinski definition) is 1. The van der Waals surface area contributed by atoms with Crippen LogP contribution < -0.4 is 10.1 Å². The van der Waals surface area contributed by atoms with Gasteiger partial charge in [0.25, 0.3) is 0 Å². The summed E-state index contributed by atoms with van der Waals surface area (Å²) in [7, 11) is 1.92. The highest BCUT2D eigenvalue weighted by atomic mass is 35.5. The van der Waals surface area contributed by atoms with Gasteiger partial charge in [-0.3, -0.25) is 0 Å². The van der Waals surface area contributed by atoms with Gasteiger partial charge in [0.05, 0.1) is 0 Å². The van der Waals surface area contributed by atoms with Gasteiger partial charge in [-0.2, -0.15) is 0 Å². The molecule has 0 radical (unpaired) electrons. The highest BCUT2D eigenvalue weighted by Gasteiger charge is 1.95. The zero-order chi connectivity index (χ0) is 9.68. The first-order chi connectivity index (χ1) is 6.22. The maximum atomic E-state index is 5.55. The molecule has 0 aliphatic rings. The van der Waals surface area contributed by atoms with E-state index in [0.717, 1.165) is 18.9 Å². The predicted molar refractivity (Wildman–Crippen MR) is 62.6 cm³/mol. The van der Waals surface area contributed by atoms with Crippen molar-refractivity contribution in [3.05, 3.63) is 29.3 Å². The Morgan fingerprint density at radius 3 is 2.21 bits per heavy atom. The lowest BCUT2D eigenvalue weighted by Gasteiger charge is -2.07. The van der Waals surface area contributed by atoms with Crippen LogP contribution in [-0.2, 0) is 0 Å². The Hall–Kier alpha value is -0.730. The Kier molecular flexibility index (Phi) is 6.34. The van der Waals surface area contributed by atoms with Crippen LogP contribution in [0.4, 0.5) is 0 Å². The van der Waals surface area contributed by atoms with Crippen molar-refractivity contribution in [1.82, 2.24) is 5.32 Å². The summed E-state index contributed by atoms with van der Waals surface area (Å²) in [5.41, 5.74) is 2.50. The third-order valence-corrected chi connectivity index (χ3v) is 1.82. The molecule has 2 nitrogen and oxygen atoms in total.